The van der Waals surface area contributed by atoms with Crippen molar-refractivity contribution in [3.8, 4) is 11.4 Å². The number of hydrogen-bond acceptors (Lipinski definition) is 18. The number of hydrogen-bond donors (Lipinski definition) is 4. The van der Waals surface area contributed by atoms with E-state index in [-0.39, 0.29) is 22.8 Å². The number of benzene rings is 2. The van der Waals surface area contributed by atoms with Crippen molar-refractivity contribution in [2.24, 2.45) is 20.5 Å². The molecule has 0 amide bonds. The Bertz CT molecular complexity index is 2350. The lowest BCUT2D eigenvalue weighted by molar-refractivity contribution is 0.0686. The highest BCUT2D eigenvalue weighted by atomic mass is 32.2. The number of azo groups is 2. The molecular weight excluding hydrogens is 749 g/mol. The number of nitrogens with two attached hydrogens (primary N) is 2. The smallest absolute Gasteiger partial charge is 0.335 e. The van der Waals surface area contributed by atoms with Crippen LogP contribution in [0.4, 0.5) is 33.3 Å². The maximum atomic E-state index is 11.5. The van der Waals surface area contributed by atoms with Crippen molar-refractivity contribution in [2.75, 3.05) is 16.6 Å². The van der Waals surface area contributed by atoms with Crippen molar-refractivity contribution in [1.29, 1.82) is 0 Å². The number of carboxylic acid groups (broad SMARTS) is 2. The van der Waals surface area contributed by atoms with Gasteiger partial charge in [-0.3, -0.25) is 0 Å². The monoisotopic (exact) mass is 776 g/mol. The average Bonchev–Trinajstić information content (AvgIpc) is 3.89. The Kier molecular flexibility index (Phi) is 10.4. The molecule has 2 aromatic carbocycles. The van der Waals surface area contributed by atoms with Crippen LogP contribution in [-0.2, 0) is 5.41 Å². The van der Waals surface area contributed by atoms with Gasteiger partial charge in [-0.1, -0.05) is 79.1 Å². The molecule has 0 radical (unpaired) electrons. The van der Waals surface area contributed by atoms with Crippen LogP contribution in [0, 0.1) is 6.92 Å². The van der Waals surface area contributed by atoms with E-state index in [9.17, 15) is 19.8 Å². The molecule has 6 aromatic rings. The van der Waals surface area contributed by atoms with E-state index in [2.05, 4.69) is 51.0 Å². The summed E-state index contributed by atoms with van der Waals surface area (Å²) in [6, 6.07) is 12.6. The Hall–Kier alpha value is -5.58. The molecule has 0 atom stereocenters. The summed E-state index contributed by atoms with van der Waals surface area (Å²) in [6.07, 6.45) is 0. The second-order valence-electron chi connectivity index (χ2n) is 11.7. The third-order valence-corrected chi connectivity index (χ3v) is 11.0. The highest BCUT2D eigenvalue weighted by molar-refractivity contribution is 8.17. The fourth-order valence-electron chi connectivity index (χ4n) is 4.54. The molecule has 0 spiro atoms. The highest BCUT2D eigenvalue weighted by Gasteiger charge is 2.27. The van der Waals surface area contributed by atoms with Crippen LogP contribution >= 0.6 is 46.2 Å². The zero-order valence-electron chi connectivity index (χ0n) is 27.7. The third kappa shape index (κ3) is 7.98. The van der Waals surface area contributed by atoms with Crippen molar-refractivity contribution < 1.29 is 19.8 Å². The summed E-state index contributed by atoms with van der Waals surface area (Å²) in [7, 11) is 0. The maximum absolute atomic E-state index is 11.5. The van der Waals surface area contributed by atoms with E-state index in [1.807, 2.05) is 20.8 Å². The fourth-order valence-corrected chi connectivity index (χ4v) is 8.37. The molecule has 4 heterocycles. The second kappa shape index (κ2) is 15.0. The summed E-state index contributed by atoms with van der Waals surface area (Å²) in [6.45, 7) is 7.61. The van der Waals surface area contributed by atoms with Crippen LogP contribution in [0.3, 0.4) is 0 Å². The number of thioether (sulfide) groups is 2. The number of rotatable bonds is 12. The largest absolute Gasteiger partial charge is 0.478 e. The van der Waals surface area contributed by atoms with E-state index in [0.29, 0.717) is 58.2 Å². The van der Waals surface area contributed by atoms with Crippen LogP contribution < -0.4 is 11.5 Å². The Morgan fingerprint density at radius 1 is 0.750 bits per heavy atom. The summed E-state index contributed by atoms with van der Waals surface area (Å²) in [5, 5.41) is 62.6. The highest BCUT2D eigenvalue weighted by Crippen LogP contribution is 2.40. The second-order valence-corrected chi connectivity index (χ2v) is 16.4. The van der Waals surface area contributed by atoms with Gasteiger partial charge in [0.05, 0.1) is 39.0 Å². The van der Waals surface area contributed by atoms with Crippen molar-refractivity contribution in [3.05, 3.63) is 71.0 Å². The lowest BCUT2D eigenvalue weighted by atomic mass is 9.91. The third-order valence-electron chi connectivity index (χ3n) is 6.97. The van der Waals surface area contributed by atoms with E-state index in [4.69, 9.17) is 11.5 Å². The van der Waals surface area contributed by atoms with Crippen LogP contribution in [0.25, 0.3) is 11.4 Å². The first-order chi connectivity index (χ1) is 24.8. The molecule has 0 saturated heterocycles. The minimum atomic E-state index is -1.06. The number of nitrogens with zero attached hydrogens (tertiary/aromatic N) is 12. The predicted molar refractivity (Wildman–Crippen MR) is 198 cm³/mol. The molecular formula is C30H28N14O4S4. The lowest BCUT2D eigenvalue weighted by Gasteiger charge is -2.15. The summed E-state index contributed by atoms with van der Waals surface area (Å²) in [5.74, 6) is -1.71. The SMILES string of the molecule is Cc1nn(-c2cccc(C(=O)O)c2)c(N)c1N=Nc1nnc(SCSc2nnc(N=Nc3c(C(C)(C)C)nn(-c4cccc(C(=O)O)c4)c3N)s2)s1. The Balaban J connectivity index is 1.08. The van der Waals surface area contributed by atoms with Gasteiger partial charge in [0.25, 0.3) is 10.3 Å². The van der Waals surface area contributed by atoms with Crippen molar-refractivity contribution in [1.82, 2.24) is 40.0 Å². The first kappa shape index (κ1) is 36.2. The molecule has 0 fully saturated rings. The molecule has 0 bridgehead atoms. The number of carbonyl (C=O) groups is 2. The zero-order valence-corrected chi connectivity index (χ0v) is 31.0. The fraction of sp³-hybridized carbons (Fsp3) is 0.200. The van der Waals surface area contributed by atoms with Gasteiger partial charge in [0, 0.05) is 5.41 Å². The number of aryl methyl sites for hydroxylation is 1. The molecule has 22 heteroatoms. The van der Waals surface area contributed by atoms with Crippen molar-refractivity contribution in [2.45, 2.75) is 41.8 Å². The number of nitrogen functional groups attached to an aromatic ring is 2. The molecule has 0 aliphatic carbocycles. The average molecular weight is 777 g/mol. The minimum Gasteiger partial charge on any atom is -0.478 e. The van der Waals surface area contributed by atoms with Gasteiger partial charge in [-0.05, 0) is 43.3 Å². The number of anilines is 2. The Morgan fingerprint density at radius 2 is 1.23 bits per heavy atom. The summed E-state index contributed by atoms with van der Waals surface area (Å²) < 4.78 is 4.18. The van der Waals surface area contributed by atoms with Crippen LogP contribution in [0.2, 0.25) is 0 Å². The van der Waals surface area contributed by atoms with Gasteiger partial charge in [0.2, 0.25) is 0 Å². The number of aromatic nitrogens is 8. The van der Waals surface area contributed by atoms with E-state index in [1.54, 1.807) is 31.2 Å². The van der Waals surface area contributed by atoms with Crippen molar-refractivity contribution >= 4 is 91.4 Å². The topological polar surface area (TPSA) is 263 Å². The van der Waals surface area contributed by atoms with E-state index >= 15 is 0 Å². The van der Waals surface area contributed by atoms with Gasteiger partial charge in [-0.2, -0.15) is 10.2 Å². The van der Waals surface area contributed by atoms with Crippen molar-refractivity contribution in [3.63, 3.8) is 0 Å². The first-order valence-electron chi connectivity index (χ1n) is 15.0. The zero-order chi connectivity index (χ0) is 37.2. The van der Waals surface area contributed by atoms with Crippen LogP contribution in [0.15, 0.2) is 77.7 Å². The minimum absolute atomic E-state index is 0.104. The summed E-state index contributed by atoms with van der Waals surface area (Å²) in [4.78, 5) is 22.9. The van der Waals surface area contributed by atoms with E-state index in [0.717, 1.165) is 0 Å². The van der Waals surface area contributed by atoms with Crippen LogP contribution in [-0.4, -0.2) is 67.2 Å². The molecule has 0 aliphatic heterocycles. The summed E-state index contributed by atoms with van der Waals surface area (Å²) in [5.41, 5.74) is 15.2. The molecule has 266 valence electrons. The molecule has 18 nitrogen and oxygen atoms in total. The molecule has 0 unspecified atom stereocenters. The molecule has 6 N–H and O–H groups in total. The van der Waals surface area contributed by atoms with Gasteiger partial charge < -0.3 is 21.7 Å². The molecule has 52 heavy (non-hydrogen) atoms. The van der Waals surface area contributed by atoms with Gasteiger partial charge in [0.15, 0.2) is 31.7 Å². The standard InChI is InChI=1S/C30H28N14O4S4/c1-14-19(22(31)43(41-14)17-9-5-7-15(11-17)24(45)46)33-35-26-37-39-28(51-26)49-13-50-29-40-38-27(52-29)36-34-20-21(30(2,3)4)42-44(23(20)32)18-10-6-8-16(12-18)25(47)48/h5-12H,13,31-32H2,1-4H3,(H,45,46)(H,47,48). The van der Waals surface area contributed by atoms with Crippen LogP contribution in [0.5, 0.6) is 0 Å². The Labute approximate surface area is 311 Å². The normalized spacial score (nSPS) is 12.0. The maximum Gasteiger partial charge on any atom is 0.335 e. The molecule has 0 aliphatic rings. The molecule has 6 rings (SSSR count). The van der Waals surface area contributed by atoms with Crippen LogP contribution in [0.1, 0.15) is 52.9 Å². The number of carboxylic acids is 2. The Morgan fingerprint density at radius 3 is 1.73 bits per heavy atom. The lowest BCUT2D eigenvalue weighted by Crippen LogP contribution is -2.13. The van der Waals surface area contributed by atoms with Gasteiger partial charge in [0.1, 0.15) is 0 Å². The van der Waals surface area contributed by atoms with E-state index in [1.165, 1.54) is 79.8 Å². The number of aromatic carboxylic acids is 2. The van der Waals surface area contributed by atoms with Gasteiger partial charge >= 0.3 is 11.9 Å². The molecule has 4 aromatic heterocycles. The summed E-state index contributed by atoms with van der Waals surface area (Å²) >= 11 is 5.37. The quantitative estimate of drug-likeness (QED) is 0.0530. The predicted octanol–water partition coefficient (Wildman–Crippen LogP) is 7.60. The molecule has 0 saturated carbocycles. The van der Waals surface area contributed by atoms with E-state index < -0.39 is 17.4 Å². The van der Waals surface area contributed by atoms with Gasteiger partial charge in [-0.15, -0.1) is 40.9 Å². The first-order valence-corrected chi connectivity index (χ1v) is 18.6. The van der Waals surface area contributed by atoms with Gasteiger partial charge in [-0.25, -0.2) is 19.0 Å².